The third-order valence-electron chi connectivity index (χ3n) is 4.48. The standard InChI is InChI=1S/C13H26/c1-5-12(6-2)10-13(4)9-7-8-11(13)3/h11-12H,5-10H2,1-4H3. The number of hydrogen-bond donors (Lipinski definition) is 0. The molecule has 0 aromatic rings. The van der Waals surface area contributed by atoms with E-state index >= 15 is 0 Å². The molecular weight excluding hydrogens is 156 g/mol. The topological polar surface area (TPSA) is 0 Å². The molecule has 0 heterocycles. The summed E-state index contributed by atoms with van der Waals surface area (Å²) in [5.74, 6) is 1.94. The van der Waals surface area contributed by atoms with Crippen LogP contribution in [0.2, 0.25) is 0 Å². The van der Waals surface area contributed by atoms with Crippen LogP contribution >= 0.6 is 0 Å². The Bertz CT molecular complexity index is 146. The maximum Gasteiger partial charge on any atom is -0.0298 e. The predicted molar refractivity (Wildman–Crippen MR) is 59.8 cm³/mol. The Kier molecular flexibility index (Phi) is 3.82. The van der Waals surface area contributed by atoms with Crippen molar-refractivity contribution < 1.29 is 0 Å². The zero-order valence-electron chi connectivity index (χ0n) is 9.90. The Morgan fingerprint density at radius 1 is 1.31 bits per heavy atom. The first-order valence-electron chi connectivity index (χ1n) is 6.12. The Balaban J connectivity index is 2.49. The van der Waals surface area contributed by atoms with Crippen molar-refractivity contribution in [1.82, 2.24) is 0 Å². The van der Waals surface area contributed by atoms with Crippen LogP contribution in [-0.4, -0.2) is 0 Å². The van der Waals surface area contributed by atoms with Crippen molar-refractivity contribution in [3.63, 3.8) is 0 Å². The maximum atomic E-state index is 2.52. The molecule has 1 rings (SSSR count). The molecule has 0 amide bonds. The zero-order chi connectivity index (χ0) is 9.90. The maximum absolute atomic E-state index is 2.52. The summed E-state index contributed by atoms with van der Waals surface area (Å²) in [6.45, 7) is 9.66. The highest BCUT2D eigenvalue weighted by atomic mass is 14.4. The fraction of sp³-hybridized carbons (Fsp3) is 1.00. The molecule has 2 unspecified atom stereocenters. The van der Waals surface area contributed by atoms with Crippen molar-refractivity contribution in [3.05, 3.63) is 0 Å². The second-order valence-electron chi connectivity index (χ2n) is 5.33. The van der Waals surface area contributed by atoms with Gasteiger partial charge in [0, 0.05) is 0 Å². The van der Waals surface area contributed by atoms with E-state index in [-0.39, 0.29) is 0 Å². The molecule has 1 fully saturated rings. The Morgan fingerprint density at radius 2 is 1.92 bits per heavy atom. The first-order valence-corrected chi connectivity index (χ1v) is 6.12. The van der Waals surface area contributed by atoms with Gasteiger partial charge in [0.2, 0.25) is 0 Å². The van der Waals surface area contributed by atoms with Gasteiger partial charge in [0.05, 0.1) is 0 Å². The van der Waals surface area contributed by atoms with Gasteiger partial charge < -0.3 is 0 Å². The summed E-state index contributed by atoms with van der Waals surface area (Å²) in [6, 6.07) is 0. The van der Waals surface area contributed by atoms with Crippen molar-refractivity contribution in [2.45, 2.75) is 66.2 Å². The summed E-state index contributed by atoms with van der Waals surface area (Å²) in [5.41, 5.74) is 0.677. The summed E-state index contributed by atoms with van der Waals surface area (Å²) in [5, 5.41) is 0. The van der Waals surface area contributed by atoms with Gasteiger partial charge in [-0.2, -0.15) is 0 Å². The number of hydrogen-bond acceptors (Lipinski definition) is 0. The van der Waals surface area contributed by atoms with E-state index in [0.29, 0.717) is 5.41 Å². The van der Waals surface area contributed by atoms with Crippen LogP contribution in [0.5, 0.6) is 0 Å². The molecule has 0 saturated heterocycles. The Hall–Kier alpha value is 0. The predicted octanol–water partition coefficient (Wildman–Crippen LogP) is 4.64. The molecule has 13 heavy (non-hydrogen) atoms. The van der Waals surface area contributed by atoms with Crippen LogP contribution in [0.25, 0.3) is 0 Å². The molecule has 2 atom stereocenters. The highest BCUT2D eigenvalue weighted by Gasteiger charge is 2.36. The van der Waals surface area contributed by atoms with E-state index in [9.17, 15) is 0 Å². The van der Waals surface area contributed by atoms with Gasteiger partial charge in [-0.05, 0) is 30.1 Å². The van der Waals surface area contributed by atoms with Crippen molar-refractivity contribution in [3.8, 4) is 0 Å². The fourth-order valence-corrected chi connectivity index (χ4v) is 2.95. The summed E-state index contributed by atoms with van der Waals surface area (Å²) in [7, 11) is 0. The molecule has 0 spiro atoms. The molecule has 0 bridgehead atoms. The zero-order valence-corrected chi connectivity index (χ0v) is 9.90. The van der Waals surface area contributed by atoms with E-state index in [1.807, 2.05) is 0 Å². The molecule has 0 aromatic carbocycles. The van der Waals surface area contributed by atoms with E-state index in [2.05, 4.69) is 27.7 Å². The van der Waals surface area contributed by atoms with Gasteiger partial charge in [0.15, 0.2) is 0 Å². The second kappa shape index (κ2) is 4.48. The van der Waals surface area contributed by atoms with E-state index < -0.39 is 0 Å². The van der Waals surface area contributed by atoms with Crippen molar-refractivity contribution in [1.29, 1.82) is 0 Å². The number of rotatable bonds is 4. The average Bonchev–Trinajstić information content (AvgIpc) is 2.44. The minimum Gasteiger partial charge on any atom is -0.0651 e. The van der Waals surface area contributed by atoms with Crippen LogP contribution in [0.4, 0.5) is 0 Å². The van der Waals surface area contributed by atoms with Crippen LogP contribution in [-0.2, 0) is 0 Å². The smallest absolute Gasteiger partial charge is 0.0298 e. The first-order chi connectivity index (χ1) is 6.12. The van der Waals surface area contributed by atoms with Crippen LogP contribution in [0, 0.1) is 17.3 Å². The van der Waals surface area contributed by atoms with Gasteiger partial charge in [0.1, 0.15) is 0 Å². The van der Waals surface area contributed by atoms with Crippen LogP contribution in [0.15, 0.2) is 0 Å². The van der Waals surface area contributed by atoms with Crippen molar-refractivity contribution in [2.75, 3.05) is 0 Å². The second-order valence-corrected chi connectivity index (χ2v) is 5.33. The molecule has 0 radical (unpaired) electrons. The van der Waals surface area contributed by atoms with Crippen molar-refractivity contribution >= 4 is 0 Å². The van der Waals surface area contributed by atoms with E-state index in [4.69, 9.17) is 0 Å². The lowest BCUT2D eigenvalue weighted by molar-refractivity contribution is 0.178. The molecule has 0 aliphatic heterocycles. The summed E-state index contributed by atoms with van der Waals surface area (Å²) < 4.78 is 0. The summed E-state index contributed by atoms with van der Waals surface area (Å²) >= 11 is 0. The molecule has 1 aliphatic rings. The molecule has 0 N–H and O–H groups in total. The van der Waals surface area contributed by atoms with Gasteiger partial charge in [-0.1, -0.05) is 53.4 Å². The van der Waals surface area contributed by atoms with Crippen molar-refractivity contribution in [2.24, 2.45) is 17.3 Å². The third-order valence-corrected chi connectivity index (χ3v) is 4.48. The molecule has 1 saturated carbocycles. The van der Waals surface area contributed by atoms with Crippen LogP contribution in [0.1, 0.15) is 66.2 Å². The van der Waals surface area contributed by atoms with Gasteiger partial charge in [-0.15, -0.1) is 0 Å². The highest BCUT2D eigenvalue weighted by molar-refractivity contribution is 4.87. The largest absolute Gasteiger partial charge is 0.0651 e. The lowest BCUT2D eigenvalue weighted by atomic mass is 9.73. The van der Waals surface area contributed by atoms with Crippen LogP contribution in [0.3, 0.4) is 0 Å². The Labute approximate surface area is 84.1 Å². The molecule has 78 valence electrons. The quantitative estimate of drug-likeness (QED) is 0.594. The van der Waals surface area contributed by atoms with E-state index in [0.717, 1.165) is 11.8 Å². The molecule has 1 aliphatic carbocycles. The molecule has 0 heteroatoms. The van der Waals surface area contributed by atoms with E-state index in [1.54, 1.807) is 0 Å². The Morgan fingerprint density at radius 3 is 2.31 bits per heavy atom. The highest BCUT2D eigenvalue weighted by Crippen LogP contribution is 2.47. The lowest BCUT2D eigenvalue weighted by Crippen LogP contribution is -2.23. The van der Waals surface area contributed by atoms with Crippen LogP contribution < -0.4 is 0 Å². The fourth-order valence-electron chi connectivity index (χ4n) is 2.95. The lowest BCUT2D eigenvalue weighted by Gasteiger charge is -2.33. The summed E-state index contributed by atoms with van der Waals surface area (Å²) in [6.07, 6.45) is 8.64. The molecule has 0 nitrogen and oxygen atoms in total. The monoisotopic (exact) mass is 182 g/mol. The van der Waals surface area contributed by atoms with Gasteiger partial charge in [-0.3, -0.25) is 0 Å². The molecule has 0 aromatic heterocycles. The minimum atomic E-state index is 0.677. The third kappa shape index (κ3) is 2.48. The van der Waals surface area contributed by atoms with E-state index in [1.165, 1.54) is 38.5 Å². The molecular formula is C13H26. The minimum absolute atomic E-state index is 0.677. The summed E-state index contributed by atoms with van der Waals surface area (Å²) in [4.78, 5) is 0. The van der Waals surface area contributed by atoms with Gasteiger partial charge >= 0.3 is 0 Å². The van der Waals surface area contributed by atoms with Gasteiger partial charge in [-0.25, -0.2) is 0 Å². The van der Waals surface area contributed by atoms with Gasteiger partial charge in [0.25, 0.3) is 0 Å². The normalized spacial score (nSPS) is 34.4. The first kappa shape index (κ1) is 11.1. The SMILES string of the molecule is CCC(CC)CC1(C)CCCC1C. The average molecular weight is 182 g/mol.